The summed E-state index contributed by atoms with van der Waals surface area (Å²) in [5, 5.41) is 10.4. The van der Waals surface area contributed by atoms with Crippen LogP contribution in [0.25, 0.3) is 11.3 Å². The standard InChI is InChI=1S/C23H28F3N7O/c24-16-6-2-1-5-15(16)18-8-7-17(29)21(31-18)23(34)32-19(12-27)22(30-13-20(25)26)33-10-3-4-14(28)9-11-33/h1-2,5-8,12,14,19-20,27H,3-4,9-11,13,28-29H2,(H,32,34)/t14-,19?/m1/s1. The van der Waals surface area contributed by atoms with Gasteiger partial charge in [0.25, 0.3) is 12.3 Å². The van der Waals surface area contributed by atoms with E-state index in [0.717, 1.165) is 19.1 Å². The lowest BCUT2D eigenvalue weighted by atomic mass is 10.1. The SMILES string of the molecule is N=CC(NC(=O)c1nc(-c2ccccc2F)ccc1N)C(=NCC(F)F)N1CCC[C@@H](N)CC1. The lowest BCUT2D eigenvalue weighted by Gasteiger charge is -2.29. The third-order valence-electron chi connectivity index (χ3n) is 5.51. The van der Waals surface area contributed by atoms with E-state index in [1.165, 1.54) is 30.3 Å². The number of amides is 1. The minimum Gasteiger partial charge on any atom is -0.397 e. The van der Waals surface area contributed by atoms with Crippen LogP contribution in [0, 0.1) is 11.2 Å². The number of carbonyl (C=O) groups is 1. The molecule has 0 bridgehead atoms. The maximum atomic E-state index is 14.2. The van der Waals surface area contributed by atoms with Gasteiger partial charge in [-0.25, -0.2) is 18.2 Å². The van der Waals surface area contributed by atoms with E-state index in [-0.39, 0.29) is 34.5 Å². The lowest BCUT2D eigenvalue weighted by Crippen LogP contribution is -2.50. The van der Waals surface area contributed by atoms with Gasteiger partial charge in [0.1, 0.15) is 24.2 Å². The van der Waals surface area contributed by atoms with Gasteiger partial charge in [0.15, 0.2) is 5.69 Å². The number of nitrogen functional groups attached to an aromatic ring is 1. The molecule has 1 aromatic heterocycles. The molecule has 6 N–H and O–H groups in total. The number of anilines is 1. The number of alkyl halides is 2. The van der Waals surface area contributed by atoms with Gasteiger partial charge in [0.05, 0.1) is 11.4 Å². The summed E-state index contributed by atoms with van der Waals surface area (Å²) in [6, 6.07) is 7.80. The van der Waals surface area contributed by atoms with Crippen LogP contribution in [-0.2, 0) is 0 Å². The maximum Gasteiger partial charge on any atom is 0.272 e. The highest BCUT2D eigenvalue weighted by Gasteiger charge is 2.26. The first-order valence-corrected chi connectivity index (χ1v) is 11.0. The second-order valence-electron chi connectivity index (χ2n) is 8.00. The summed E-state index contributed by atoms with van der Waals surface area (Å²) in [4.78, 5) is 23.1. The average Bonchev–Trinajstić information content (AvgIpc) is 3.03. The smallest absolute Gasteiger partial charge is 0.272 e. The molecule has 1 saturated heterocycles. The van der Waals surface area contributed by atoms with Crippen molar-refractivity contribution >= 4 is 23.6 Å². The van der Waals surface area contributed by atoms with Crippen LogP contribution < -0.4 is 16.8 Å². The highest BCUT2D eigenvalue weighted by molar-refractivity contribution is 6.07. The van der Waals surface area contributed by atoms with Crippen molar-refractivity contribution in [2.45, 2.75) is 37.8 Å². The Hall–Kier alpha value is -3.47. The van der Waals surface area contributed by atoms with Crippen LogP contribution in [0.15, 0.2) is 41.4 Å². The summed E-state index contributed by atoms with van der Waals surface area (Å²) in [5.74, 6) is -1.09. The van der Waals surface area contributed by atoms with E-state index >= 15 is 0 Å². The van der Waals surface area contributed by atoms with Crippen LogP contribution in [0.1, 0.15) is 29.8 Å². The summed E-state index contributed by atoms with van der Waals surface area (Å²) in [6.45, 7) is 0.215. The number of benzene rings is 1. The molecular weight excluding hydrogens is 447 g/mol. The van der Waals surface area contributed by atoms with E-state index in [4.69, 9.17) is 16.9 Å². The molecule has 2 heterocycles. The van der Waals surface area contributed by atoms with Gasteiger partial charge in [-0.05, 0) is 43.5 Å². The van der Waals surface area contributed by atoms with Crippen molar-refractivity contribution in [3.05, 3.63) is 47.9 Å². The average molecular weight is 476 g/mol. The highest BCUT2D eigenvalue weighted by atomic mass is 19.3. The Balaban J connectivity index is 1.88. The van der Waals surface area contributed by atoms with E-state index in [1.807, 2.05) is 0 Å². The van der Waals surface area contributed by atoms with Crippen LogP contribution >= 0.6 is 0 Å². The third kappa shape index (κ3) is 6.31. The van der Waals surface area contributed by atoms with Crippen LogP contribution in [0.2, 0.25) is 0 Å². The lowest BCUT2D eigenvalue weighted by molar-refractivity contribution is 0.0949. The van der Waals surface area contributed by atoms with Gasteiger partial charge in [0, 0.05) is 30.9 Å². The Morgan fingerprint density at radius 3 is 2.74 bits per heavy atom. The fourth-order valence-electron chi connectivity index (χ4n) is 3.77. The second-order valence-corrected chi connectivity index (χ2v) is 8.00. The molecule has 1 aliphatic heterocycles. The molecule has 34 heavy (non-hydrogen) atoms. The molecule has 1 fully saturated rings. The van der Waals surface area contributed by atoms with Crippen molar-refractivity contribution in [2.75, 3.05) is 25.4 Å². The molecule has 2 atom stereocenters. The minimum atomic E-state index is -2.68. The van der Waals surface area contributed by atoms with Crippen molar-refractivity contribution in [3.63, 3.8) is 0 Å². The minimum absolute atomic E-state index is 0.0144. The zero-order valence-electron chi connectivity index (χ0n) is 18.6. The summed E-state index contributed by atoms with van der Waals surface area (Å²) in [5.41, 5.74) is 12.3. The largest absolute Gasteiger partial charge is 0.397 e. The number of carbonyl (C=O) groups excluding carboxylic acids is 1. The number of amidine groups is 1. The molecule has 0 spiro atoms. The molecule has 0 radical (unpaired) electrons. The molecule has 1 amide bonds. The predicted molar refractivity (Wildman–Crippen MR) is 126 cm³/mol. The normalized spacial score (nSPS) is 17.9. The topological polar surface area (TPSA) is 133 Å². The molecule has 0 aliphatic carbocycles. The molecule has 182 valence electrons. The monoisotopic (exact) mass is 475 g/mol. The van der Waals surface area contributed by atoms with Crippen molar-refractivity contribution in [1.82, 2.24) is 15.2 Å². The molecule has 3 rings (SSSR count). The fourth-order valence-corrected chi connectivity index (χ4v) is 3.77. The van der Waals surface area contributed by atoms with Crippen LogP contribution in [0.3, 0.4) is 0 Å². The second kappa shape index (κ2) is 11.6. The molecule has 8 nitrogen and oxygen atoms in total. The summed E-state index contributed by atoms with van der Waals surface area (Å²) < 4.78 is 40.1. The van der Waals surface area contributed by atoms with Crippen molar-refractivity contribution in [2.24, 2.45) is 10.7 Å². The van der Waals surface area contributed by atoms with Crippen molar-refractivity contribution < 1.29 is 18.0 Å². The Labute approximate surface area is 195 Å². The van der Waals surface area contributed by atoms with Gasteiger partial charge in [0.2, 0.25) is 0 Å². The molecule has 1 aliphatic rings. The van der Waals surface area contributed by atoms with E-state index in [1.54, 1.807) is 11.0 Å². The van der Waals surface area contributed by atoms with Gasteiger partial charge in [-0.2, -0.15) is 0 Å². The fraction of sp³-hybridized carbons (Fsp3) is 0.391. The van der Waals surface area contributed by atoms with E-state index < -0.39 is 30.7 Å². The predicted octanol–water partition coefficient (Wildman–Crippen LogP) is 2.69. The number of aromatic nitrogens is 1. The summed E-state index contributed by atoms with van der Waals surface area (Å²) in [7, 11) is 0. The first kappa shape index (κ1) is 25.2. The first-order valence-electron chi connectivity index (χ1n) is 11.0. The number of pyridine rings is 1. The first-order chi connectivity index (χ1) is 16.3. The number of hydrogen-bond donors (Lipinski definition) is 4. The number of nitrogens with two attached hydrogens (primary N) is 2. The number of likely N-dealkylation sites (tertiary alicyclic amines) is 1. The number of hydrogen-bond acceptors (Lipinski definition) is 6. The van der Waals surface area contributed by atoms with Crippen LogP contribution in [-0.4, -0.2) is 66.0 Å². The van der Waals surface area contributed by atoms with Crippen molar-refractivity contribution in [3.8, 4) is 11.3 Å². The Bertz CT molecular complexity index is 1050. The Morgan fingerprint density at radius 2 is 2.03 bits per heavy atom. The summed E-state index contributed by atoms with van der Waals surface area (Å²) in [6.07, 6.45) is 0.382. The number of halogens is 3. The van der Waals surface area contributed by atoms with Crippen molar-refractivity contribution in [1.29, 1.82) is 5.41 Å². The highest BCUT2D eigenvalue weighted by Crippen LogP contribution is 2.23. The Morgan fingerprint density at radius 1 is 1.26 bits per heavy atom. The number of aliphatic imine (C=N–C) groups is 1. The number of nitrogens with zero attached hydrogens (tertiary/aromatic N) is 3. The van der Waals surface area contributed by atoms with Gasteiger partial charge < -0.3 is 27.1 Å². The van der Waals surface area contributed by atoms with Gasteiger partial charge >= 0.3 is 0 Å². The van der Waals surface area contributed by atoms with Crippen LogP contribution in [0.5, 0.6) is 0 Å². The molecule has 2 aromatic rings. The van der Waals surface area contributed by atoms with Gasteiger partial charge in [-0.15, -0.1) is 0 Å². The molecule has 1 unspecified atom stereocenters. The van der Waals surface area contributed by atoms with E-state index in [0.29, 0.717) is 19.5 Å². The quantitative estimate of drug-likeness (QED) is 0.361. The van der Waals surface area contributed by atoms with Gasteiger partial charge in [-0.3, -0.25) is 9.79 Å². The number of rotatable bonds is 7. The molecule has 0 saturated carbocycles. The Kier molecular flexibility index (Phi) is 8.58. The zero-order valence-corrected chi connectivity index (χ0v) is 18.6. The molecule has 11 heteroatoms. The van der Waals surface area contributed by atoms with E-state index in [9.17, 15) is 18.0 Å². The molecule has 1 aromatic carbocycles. The summed E-state index contributed by atoms with van der Waals surface area (Å²) >= 11 is 0. The van der Waals surface area contributed by atoms with Gasteiger partial charge in [-0.1, -0.05) is 12.1 Å². The van der Waals surface area contributed by atoms with Crippen LogP contribution in [0.4, 0.5) is 18.9 Å². The third-order valence-corrected chi connectivity index (χ3v) is 5.51. The van der Waals surface area contributed by atoms with E-state index in [2.05, 4.69) is 15.3 Å². The maximum absolute atomic E-state index is 14.2. The molecular formula is C23H28F3N7O. The zero-order chi connectivity index (χ0) is 24.7. The number of nitrogens with one attached hydrogen (secondary N) is 2.